The fourth-order valence-electron chi connectivity index (χ4n) is 1.34. The second-order valence-corrected chi connectivity index (χ2v) is 9.30. The van der Waals surface area contributed by atoms with E-state index in [-0.39, 0.29) is 26.0 Å². The molecule has 1 aromatic carbocycles. The molecule has 0 aliphatic rings. The Morgan fingerprint density at radius 1 is 1.25 bits per heavy atom. The summed E-state index contributed by atoms with van der Waals surface area (Å²) in [4.78, 5) is 0.102. The molecule has 8 heteroatoms. The van der Waals surface area contributed by atoms with E-state index in [0.717, 1.165) is 4.46 Å². The number of primary sulfonamides is 1. The Kier molecular flexibility index (Phi) is 7.53. The molecule has 0 aliphatic heterocycles. The van der Waals surface area contributed by atoms with Crippen LogP contribution in [0.3, 0.4) is 0 Å². The van der Waals surface area contributed by atoms with Crippen LogP contribution in [0.5, 0.6) is 0 Å². The first-order valence-corrected chi connectivity index (χ1v) is 10.8. The van der Waals surface area contributed by atoms with Crippen molar-refractivity contribution in [3.8, 4) is 0 Å². The zero-order chi connectivity index (χ0) is 15.2. The van der Waals surface area contributed by atoms with Crippen molar-refractivity contribution in [3.63, 3.8) is 0 Å². The number of rotatable bonds is 8. The summed E-state index contributed by atoms with van der Waals surface area (Å²) < 4.78 is 23.2. The van der Waals surface area contributed by atoms with Crippen molar-refractivity contribution in [1.82, 2.24) is 0 Å². The Hall–Kier alpha value is -0.0805. The number of hydrogen-bond donors (Lipinski definition) is 3. The van der Waals surface area contributed by atoms with Gasteiger partial charge in [0, 0.05) is 0 Å². The van der Waals surface area contributed by atoms with Gasteiger partial charge >= 0.3 is 130 Å². The van der Waals surface area contributed by atoms with Crippen LogP contribution < -0.4 is 9.60 Å². The number of hydrogen-bond acceptors (Lipinski definition) is 5. The summed E-state index contributed by atoms with van der Waals surface area (Å²) in [5.74, 6) is 1.22. The average Bonchev–Trinajstić information content (AvgIpc) is 2.35. The summed E-state index contributed by atoms with van der Waals surface area (Å²) in [7, 11) is -3.64. The SMILES string of the molecule is CC(O)CSCC(O)C[Se]c1ccc(S(N)(=O)=O)cc1. The van der Waals surface area contributed by atoms with Gasteiger partial charge in [-0.3, -0.25) is 0 Å². The Bertz CT molecular complexity index is 505. The van der Waals surface area contributed by atoms with E-state index in [1.807, 2.05) is 0 Å². The van der Waals surface area contributed by atoms with Crippen molar-refractivity contribution in [3.05, 3.63) is 24.3 Å². The molecular weight excluding hydrogens is 365 g/mol. The monoisotopic (exact) mass is 385 g/mol. The minimum atomic E-state index is -3.64. The van der Waals surface area contributed by atoms with Crippen LogP contribution in [0.2, 0.25) is 5.32 Å². The first-order chi connectivity index (χ1) is 9.29. The third-order valence-corrected chi connectivity index (χ3v) is 6.96. The molecule has 0 spiro atoms. The third kappa shape index (κ3) is 7.08. The van der Waals surface area contributed by atoms with Gasteiger partial charge in [-0.05, 0) is 0 Å². The van der Waals surface area contributed by atoms with Crippen LogP contribution in [0.25, 0.3) is 0 Å². The molecule has 0 fully saturated rings. The van der Waals surface area contributed by atoms with Crippen molar-refractivity contribution < 1.29 is 18.6 Å². The predicted molar refractivity (Wildman–Crippen MR) is 83.0 cm³/mol. The number of benzene rings is 1. The van der Waals surface area contributed by atoms with Gasteiger partial charge in [0.05, 0.1) is 0 Å². The third-order valence-electron chi connectivity index (χ3n) is 2.26. The van der Waals surface area contributed by atoms with E-state index in [2.05, 4.69) is 0 Å². The van der Waals surface area contributed by atoms with Gasteiger partial charge in [0.15, 0.2) is 0 Å². The van der Waals surface area contributed by atoms with Crippen LogP contribution in [-0.2, 0) is 10.0 Å². The average molecular weight is 384 g/mol. The van der Waals surface area contributed by atoms with E-state index in [1.54, 1.807) is 19.1 Å². The molecule has 20 heavy (non-hydrogen) atoms. The van der Waals surface area contributed by atoms with Gasteiger partial charge in [-0.25, -0.2) is 0 Å². The molecule has 0 amide bonds. The van der Waals surface area contributed by atoms with E-state index in [4.69, 9.17) is 10.2 Å². The Morgan fingerprint density at radius 2 is 1.85 bits per heavy atom. The first-order valence-electron chi connectivity index (χ1n) is 5.98. The Balaban J connectivity index is 2.38. The molecule has 0 bridgehead atoms. The molecule has 5 nitrogen and oxygen atoms in total. The van der Waals surface area contributed by atoms with Gasteiger partial charge in [-0.1, -0.05) is 0 Å². The second kappa shape index (κ2) is 8.38. The zero-order valence-corrected chi connectivity index (χ0v) is 14.4. The maximum atomic E-state index is 11.1. The summed E-state index contributed by atoms with van der Waals surface area (Å²) in [6, 6.07) is 6.44. The van der Waals surface area contributed by atoms with E-state index in [0.29, 0.717) is 16.8 Å². The van der Waals surface area contributed by atoms with Crippen LogP contribution in [0.4, 0.5) is 0 Å². The van der Waals surface area contributed by atoms with Gasteiger partial charge in [0.1, 0.15) is 0 Å². The van der Waals surface area contributed by atoms with Gasteiger partial charge in [0.2, 0.25) is 0 Å². The number of thioether (sulfide) groups is 1. The molecule has 0 aliphatic carbocycles. The van der Waals surface area contributed by atoms with Crippen LogP contribution in [0.15, 0.2) is 29.2 Å². The standard InChI is InChI=1S/C12H19NO4S2Se/c1-9(14)6-18-7-10(15)8-20-12-4-2-11(3-5-12)19(13,16)17/h2-5,9-10,14-15H,6-8H2,1H3,(H2,13,16,17). The number of sulfonamides is 1. The predicted octanol–water partition coefficient (Wildman–Crippen LogP) is -0.443. The molecule has 0 saturated heterocycles. The normalized spacial score (nSPS) is 15.0. The first kappa shape index (κ1) is 18.0. The maximum absolute atomic E-state index is 11.1. The van der Waals surface area contributed by atoms with E-state index >= 15 is 0 Å². The molecule has 2 atom stereocenters. The molecular formula is C12H19NO4S2Se. The molecule has 114 valence electrons. The molecule has 2 unspecified atom stereocenters. The molecule has 0 heterocycles. The number of nitrogens with two attached hydrogens (primary N) is 1. The molecule has 1 rings (SSSR count). The minimum absolute atomic E-state index is 0.0850. The topological polar surface area (TPSA) is 101 Å². The molecule has 0 aromatic heterocycles. The van der Waals surface area contributed by atoms with Crippen molar-refractivity contribution in [2.75, 3.05) is 11.5 Å². The van der Waals surface area contributed by atoms with Crippen LogP contribution in [-0.4, -0.2) is 57.3 Å². The van der Waals surface area contributed by atoms with E-state index < -0.39 is 16.1 Å². The summed E-state index contributed by atoms with van der Waals surface area (Å²) in [6.45, 7) is 1.72. The number of aliphatic hydroxyl groups excluding tert-OH is 2. The van der Waals surface area contributed by atoms with Crippen LogP contribution in [0, 0.1) is 0 Å². The van der Waals surface area contributed by atoms with Crippen molar-refractivity contribution in [2.24, 2.45) is 5.14 Å². The van der Waals surface area contributed by atoms with Crippen LogP contribution >= 0.6 is 11.8 Å². The quantitative estimate of drug-likeness (QED) is 0.528. The fourth-order valence-corrected chi connectivity index (χ4v) is 4.80. The fraction of sp³-hybridized carbons (Fsp3) is 0.500. The number of aliphatic hydroxyl groups is 2. The Labute approximate surface area is 130 Å². The van der Waals surface area contributed by atoms with Crippen molar-refractivity contribution in [1.29, 1.82) is 0 Å². The van der Waals surface area contributed by atoms with Gasteiger partial charge in [-0.15, -0.1) is 0 Å². The van der Waals surface area contributed by atoms with Crippen molar-refractivity contribution in [2.45, 2.75) is 29.3 Å². The summed E-state index contributed by atoms with van der Waals surface area (Å²) in [5.41, 5.74) is 0. The van der Waals surface area contributed by atoms with Gasteiger partial charge < -0.3 is 0 Å². The van der Waals surface area contributed by atoms with Crippen molar-refractivity contribution >= 4 is 41.2 Å². The summed E-state index contributed by atoms with van der Waals surface area (Å²) in [6.07, 6.45) is -0.764. The van der Waals surface area contributed by atoms with Crippen LogP contribution in [0.1, 0.15) is 6.92 Å². The second-order valence-electron chi connectivity index (χ2n) is 4.37. The Morgan fingerprint density at radius 3 is 2.35 bits per heavy atom. The molecule has 0 radical (unpaired) electrons. The molecule has 0 saturated carbocycles. The zero-order valence-electron chi connectivity index (χ0n) is 11.1. The molecule has 4 N–H and O–H groups in total. The van der Waals surface area contributed by atoms with E-state index in [9.17, 15) is 13.5 Å². The molecule has 1 aromatic rings. The van der Waals surface area contributed by atoms with Gasteiger partial charge in [-0.2, -0.15) is 0 Å². The van der Waals surface area contributed by atoms with Gasteiger partial charge in [0.25, 0.3) is 0 Å². The summed E-state index contributed by atoms with van der Waals surface area (Å²) in [5, 5.41) is 24.6. The summed E-state index contributed by atoms with van der Waals surface area (Å²) >= 11 is 1.61. The van der Waals surface area contributed by atoms with E-state index in [1.165, 1.54) is 23.9 Å².